The van der Waals surface area contributed by atoms with E-state index in [1.807, 2.05) is 0 Å². The SMILES string of the molecule is COc1c(F)cc(C=NNc2nc(N)cs2)c(C)c1Cl. The fourth-order valence-corrected chi connectivity index (χ4v) is 2.35. The molecule has 8 heteroatoms. The number of nitrogen functional groups attached to an aromatic ring is 1. The number of halogens is 2. The van der Waals surface area contributed by atoms with Crippen LogP contribution in [0.4, 0.5) is 15.3 Å². The number of benzene rings is 1. The molecule has 1 heterocycles. The molecule has 0 fully saturated rings. The highest BCUT2D eigenvalue weighted by atomic mass is 35.5. The number of hydrogen-bond donors (Lipinski definition) is 2. The lowest BCUT2D eigenvalue weighted by Gasteiger charge is -2.09. The van der Waals surface area contributed by atoms with E-state index in [9.17, 15) is 4.39 Å². The van der Waals surface area contributed by atoms with Crippen molar-refractivity contribution >= 4 is 40.1 Å². The summed E-state index contributed by atoms with van der Waals surface area (Å²) in [5.41, 5.74) is 9.41. The highest BCUT2D eigenvalue weighted by molar-refractivity contribution is 7.14. The molecule has 0 aliphatic carbocycles. The fraction of sp³-hybridized carbons (Fsp3) is 0.167. The van der Waals surface area contributed by atoms with Gasteiger partial charge in [0, 0.05) is 10.9 Å². The van der Waals surface area contributed by atoms with Gasteiger partial charge >= 0.3 is 0 Å². The van der Waals surface area contributed by atoms with E-state index in [0.717, 1.165) is 0 Å². The van der Waals surface area contributed by atoms with Crippen molar-refractivity contribution in [1.29, 1.82) is 0 Å². The van der Waals surface area contributed by atoms with Gasteiger partial charge in [0.15, 0.2) is 11.6 Å². The summed E-state index contributed by atoms with van der Waals surface area (Å²) in [6.45, 7) is 1.76. The van der Waals surface area contributed by atoms with Crippen molar-refractivity contribution in [3.05, 3.63) is 33.4 Å². The van der Waals surface area contributed by atoms with Gasteiger partial charge in [-0.2, -0.15) is 5.10 Å². The average Bonchev–Trinajstić information content (AvgIpc) is 2.82. The summed E-state index contributed by atoms with van der Waals surface area (Å²) in [7, 11) is 1.37. The number of ether oxygens (including phenoxy) is 1. The molecule has 0 unspecified atom stereocenters. The van der Waals surface area contributed by atoms with Crippen LogP contribution < -0.4 is 15.9 Å². The van der Waals surface area contributed by atoms with Crippen molar-refractivity contribution in [2.45, 2.75) is 6.92 Å². The Hall–Kier alpha value is -1.86. The summed E-state index contributed by atoms with van der Waals surface area (Å²) < 4.78 is 18.6. The van der Waals surface area contributed by atoms with Gasteiger partial charge in [-0.15, -0.1) is 11.3 Å². The number of hydrogen-bond acceptors (Lipinski definition) is 6. The molecule has 2 rings (SSSR count). The van der Waals surface area contributed by atoms with Crippen molar-refractivity contribution in [3.63, 3.8) is 0 Å². The molecule has 0 bridgehead atoms. The van der Waals surface area contributed by atoms with Gasteiger partial charge in [-0.3, -0.25) is 5.43 Å². The summed E-state index contributed by atoms with van der Waals surface area (Å²) in [5, 5.41) is 6.44. The summed E-state index contributed by atoms with van der Waals surface area (Å²) in [6.07, 6.45) is 1.46. The van der Waals surface area contributed by atoms with Crippen molar-refractivity contribution in [1.82, 2.24) is 4.98 Å². The van der Waals surface area contributed by atoms with Crippen LogP contribution in [-0.2, 0) is 0 Å². The predicted molar refractivity (Wildman–Crippen MR) is 80.4 cm³/mol. The Morgan fingerprint density at radius 1 is 1.60 bits per heavy atom. The molecule has 0 atom stereocenters. The average molecular weight is 315 g/mol. The van der Waals surface area contributed by atoms with Gasteiger partial charge in [-0.1, -0.05) is 11.6 Å². The zero-order valence-corrected chi connectivity index (χ0v) is 12.3. The Labute approximate surface area is 124 Å². The maximum absolute atomic E-state index is 13.7. The number of nitrogens with one attached hydrogen (secondary N) is 1. The molecule has 0 saturated carbocycles. The van der Waals surface area contributed by atoms with Crippen molar-refractivity contribution in [3.8, 4) is 5.75 Å². The molecule has 5 nitrogen and oxygen atoms in total. The zero-order chi connectivity index (χ0) is 14.7. The number of thiazole rings is 1. The van der Waals surface area contributed by atoms with Gasteiger partial charge < -0.3 is 10.5 Å². The minimum atomic E-state index is -0.539. The van der Waals surface area contributed by atoms with Gasteiger partial charge in [0.25, 0.3) is 0 Å². The predicted octanol–water partition coefficient (Wildman–Crippen LogP) is 3.28. The third-order valence-electron chi connectivity index (χ3n) is 2.55. The molecular formula is C12H12ClFN4OS. The molecule has 0 aliphatic rings. The van der Waals surface area contributed by atoms with E-state index < -0.39 is 5.82 Å². The summed E-state index contributed by atoms with van der Waals surface area (Å²) >= 11 is 7.35. The van der Waals surface area contributed by atoms with Crippen LogP contribution in [-0.4, -0.2) is 18.3 Å². The van der Waals surface area contributed by atoms with Gasteiger partial charge in [-0.25, -0.2) is 9.37 Å². The first kappa shape index (κ1) is 14.5. The Balaban J connectivity index is 2.21. The Morgan fingerprint density at radius 3 is 2.95 bits per heavy atom. The van der Waals surface area contributed by atoms with Crippen molar-refractivity contribution in [2.24, 2.45) is 5.10 Å². The second kappa shape index (κ2) is 6.06. The van der Waals surface area contributed by atoms with Crippen LogP contribution in [0.5, 0.6) is 5.75 Å². The number of anilines is 2. The van der Waals surface area contributed by atoms with Gasteiger partial charge in [0.2, 0.25) is 5.13 Å². The van der Waals surface area contributed by atoms with Crippen LogP contribution in [0.25, 0.3) is 0 Å². The maximum Gasteiger partial charge on any atom is 0.205 e. The van der Waals surface area contributed by atoms with Crippen LogP contribution in [0.1, 0.15) is 11.1 Å². The first-order valence-electron chi connectivity index (χ1n) is 5.55. The zero-order valence-electron chi connectivity index (χ0n) is 10.8. The Kier molecular flexibility index (Phi) is 4.41. The molecule has 3 N–H and O–H groups in total. The normalized spacial score (nSPS) is 11.0. The highest BCUT2D eigenvalue weighted by Gasteiger charge is 2.13. The number of aromatic nitrogens is 1. The second-order valence-corrected chi connectivity index (χ2v) is 5.10. The largest absolute Gasteiger partial charge is 0.492 e. The molecular weight excluding hydrogens is 303 g/mol. The Bertz CT molecular complexity index is 659. The lowest BCUT2D eigenvalue weighted by Crippen LogP contribution is -1.98. The van der Waals surface area contributed by atoms with Crippen molar-refractivity contribution < 1.29 is 9.13 Å². The smallest absolute Gasteiger partial charge is 0.205 e. The standard InChI is InChI=1S/C12H12ClFN4OS/c1-6-7(3-8(14)11(19-2)10(6)13)4-16-18-12-17-9(15)5-20-12/h3-5H,15H2,1-2H3,(H,17,18). The molecule has 0 spiro atoms. The molecule has 106 valence electrons. The van der Waals surface area contributed by atoms with Crippen LogP contribution in [0.2, 0.25) is 5.02 Å². The topological polar surface area (TPSA) is 72.5 Å². The number of nitrogens with two attached hydrogens (primary N) is 1. The van der Waals surface area contributed by atoms with E-state index in [1.165, 1.54) is 30.7 Å². The van der Waals surface area contributed by atoms with E-state index in [1.54, 1.807) is 12.3 Å². The first-order chi connectivity index (χ1) is 9.52. The summed E-state index contributed by atoms with van der Waals surface area (Å²) in [4.78, 5) is 3.98. The van der Waals surface area contributed by atoms with Crippen LogP contribution >= 0.6 is 22.9 Å². The third-order valence-corrected chi connectivity index (χ3v) is 3.77. The van der Waals surface area contributed by atoms with E-state index in [4.69, 9.17) is 22.1 Å². The molecule has 2 aromatic rings. The second-order valence-electron chi connectivity index (χ2n) is 3.87. The van der Waals surface area contributed by atoms with Gasteiger partial charge in [-0.05, 0) is 18.6 Å². The molecule has 0 amide bonds. The Morgan fingerprint density at radius 2 is 2.35 bits per heavy atom. The monoisotopic (exact) mass is 314 g/mol. The van der Waals surface area contributed by atoms with E-state index in [0.29, 0.717) is 22.1 Å². The quantitative estimate of drug-likeness (QED) is 0.671. The lowest BCUT2D eigenvalue weighted by molar-refractivity contribution is 0.386. The van der Waals surface area contributed by atoms with E-state index >= 15 is 0 Å². The van der Waals surface area contributed by atoms with Crippen LogP contribution in [0, 0.1) is 12.7 Å². The minimum absolute atomic E-state index is 0.0296. The minimum Gasteiger partial charge on any atom is -0.492 e. The summed E-state index contributed by atoms with van der Waals surface area (Å²) in [5.74, 6) is -0.0903. The number of hydrazone groups is 1. The van der Waals surface area contributed by atoms with Crippen LogP contribution in [0.15, 0.2) is 16.5 Å². The maximum atomic E-state index is 13.7. The van der Waals surface area contributed by atoms with Crippen LogP contribution in [0.3, 0.4) is 0 Å². The highest BCUT2D eigenvalue weighted by Crippen LogP contribution is 2.32. The summed E-state index contributed by atoms with van der Waals surface area (Å²) in [6, 6.07) is 1.31. The van der Waals surface area contributed by atoms with Gasteiger partial charge in [0.05, 0.1) is 18.3 Å². The lowest BCUT2D eigenvalue weighted by atomic mass is 10.1. The first-order valence-corrected chi connectivity index (χ1v) is 6.81. The molecule has 0 radical (unpaired) electrons. The van der Waals surface area contributed by atoms with Crippen molar-refractivity contribution in [2.75, 3.05) is 18.3 Å². The fourth-order valence-electron chi connectivity index (χ4n) is 1.53. The molecule has 20 heavy (non-hydrogen) atoms. The van der Waals surface area contributed by atoms with Gasteiger partial charge in [0.1, 0.15) is 5.82 Å². The molecule has 1 aromatic carbocycles. The number of rotatable bonds is 4. The number of methoxy groups -OCH3 is 1. The third kappa shape index (κ3) is 3.00. The molecule has 0 saturated heterocycles. The molecule has 1 aromatic heterocycles. The number of nitrogens with zero attached hydrogens (tertiary/aromatic N) is 2. The van der Waals surface area contributed by atoms with E-state index in [2.05, 4.69) is 15.5 Å². The molecule has 0 aliphatic heterocycles. The van der Waals surface area contributed by atoms with E-state index in [-0.39, 0.29) is 10.8 Å².